The van der Waals surface area contributed by atoms with Gasteiger partial charge in [0.25, 0.3) is 0 Å². The fourth-order valence-electron chi connectivity index (χ4n) is 3.66. The van der Waals surface area contributed by atoms with Crippen LogP contribution in [0.3, 0.4) is 0 Å². The zero-order chi connectivity index (χ0) is 23.4. The molecule has 2 aromatic carbocycles. The minimum atomic E-state index is -0.995. The maximum atomic E-state index is 14.2. The molecule has 0 saturated carbocycles. The van der Waals surface area contributed by atoms with Crippen LogP contribution in [0.5, 0.6) is 0 Å². The first-order valence-corrected chi connectivity index (χ1v) is 9.52. The number of rotatable bonds is 5. The molecule has 0 fully saturated rings. The van der Waals surface area contributed by atoms with Gasteiger partial charge in [-0.05, 0) is 17.7 Å². The van der Waals surface area contributed by atoms with Crippen LogP contribution in [0, 0.1) is 17.1 Å². The summed E-state index contributed by atoms with van der Waals surface area (Å²) >= 11 is 0. The van der Waals surface area contributed by atoms with Crippen molar-refractivity contribution in [2.24, 2.45) is 5.73 Å². The number of esters is 2. The number of carbonyl (C=O) groups excluding carboxylic acids is 2. The number of nitrogens with zero attached hydrogens (tertiary/aromatic N) is 2. The number of anilines is 2. The average molecular weight is 436 g/mol. The SMILES string of the molecule is CNc1ccc(F)cc1N1C(N)=C(C#N)C(c2ccccc2)C(C(=O)OC)=C1C(=O)OC. The number of benzene rings is 2. The summed E-state index contributed by atoms with van der Waals surface area (Å²) < 4.78 is 24.1. The molecule has 0 radical (unpaired) electrons. The van der Waals surface area contributed by atoms with Gasteiger partial charge in [0.15, 0.2) is 0 Å². The summed E-state index contributed by atoms with van der Waals surface area (Å²) in [5.41, 5.74) is 7.03. The first kappa shape index (κ1) is 22.4. The quantitative estimate of drug-likeness (QED) is 0.687. The van der Waals surface area contributed by atoms with E-state index in [1.807, 2.05) is 6.07 Å². The summed E-state index contributed by atoms with van der Waals surface area (Å²) in [5.74, 6) is -3.51. The van der Waals surface area contributed by atoms with Crippen molar-refractivity contribution in [3.63, 3.8) is 0 Å². The summed E-state index contributed by atoms with van der Waals surface area (Å²) in [6.45, 7) is 0. The molecule has 2 aromatic rings. The lowest BCUT2D eigenvalue weighted by Crippen LogP contribution is -2.41. The third-order valence-electron chi connectivity index (χ3n) is 5.08. The Balaban J connectivity index is 2.46. The van der Waals surface area contributed by atoms with E-state index < -0.39 is 23.7 Å². The van der Waals surface area contributed by atoms with Gasteiger partial charge in [-0.1, -0.05) is 30.3 Å². The van der Waals surface area contributed by atoms with Crippen LogP contribution in [0.15, 0.2) is 71.2 Å². The van der Waals surface area contributed by atoms with Crippen molar-refractivity contribution in [2.75, 3.05) is 31.5 Å². The molecule has 9 heteroatoms. The molecule has 0 amide bonds. The van der Waals surface area contributed by atoms with Gasteiger partial charge >= 0.3 is 11.9 Å². The van der Waals surface area contributed by atoms with E-state index in [1.165, 1.54) is 12.1 Å². The van der Waals surface area contributed by atoms with Crippen molar-refractivity contribution in [3.8, 4) is 6.07 Å². The van der Waals surface area contributed by atoms with Crippen molar-refractivity contribution in [2.45, 2.75) is 5.92 Å². The lowest BCUT2D eigenvalue weighted by molar-refractivity contribution is -0.139. The second-order valence-corrected chi connectivity index (χ2v) is 6.75. The standard InChI is InChI=1S/C23H21FN4O4/c1-27-16-10-9-14(24)11-17(16)28-20(23(30)32-3)19(22(29)31-2)18(15(12-25)21(28)26)13-7-5-4-6-8-13/h4-11,18,27H,26H2,1-3H3. The van der Waals surface area contributed by atoms with Crippen molar-refractivity contribution in [1.29, 1.82) is 5.26 Å². The average Bonchev–Trinajstić information content (AvgIpc) is 2.82. The van der Waals surface area contributed by atoms with E-state index in [-0.39, 0.29) is 28.4 Å². The van der Waals surface area contributed by atoms with Gasteiger partial charge in [-0.15, -0.1) is 0 Å². The molecular weight excluding hydrogens is 415 g/mol. The van der Waals surface area contributed by atoms with Gasteiger partial charge in [0.2, 0.25) is 0 Å². The molecule has 1 aliphatic rings. The zero-order valence-electron chi connectivity index (χ0n) is 17.7. The first-order chi connectivity index (χ1) is 15.4. The minimum Gasteiger partial charge on any atom is -0.466 e. The van der Waals surface area contributed by atoms with Crippen molar-refractivity contribution in [3.05, 3.63) is 82.6 Å². The number of hydrogen-bond acceptors (Lipinski definition) is 8. The predicted octanol–water partition coefficient (Wildman–Crippen LogP) is 2.77. The summed E-state index contributed by atoms with van der Waals surface area (Å²) in [4.78, 5) is 27.1. The maximum absolute atomic E-state index is 14.2. The van der Waals surface area contributed by atoms with Crippen LogP contribution in [0.25, 0.3) is 0 Å². The van der Waals surface area contributed by atoms with Gasteiger partial charge < -0.3 is 20.5 Å². The van der Waals surface area contributed by atoms with Crippen LogP contribution in [-0.4, -0.2) is 33.2 Å². The lowest BCUT2D eigenvalue weighted by atomic mass is 9.81. The topological polar surface area (TPSA) is 118 Å². The second kappa shape index (κ2) is 9.22. The van der Waals surface area contributed by atoms with E-state index in [0.717, 1.165) is 25.2 Å². The maximum Gasteiger partial charge on any atom is 0.355 e. The monoisotopic (exact) mass is 436 g/mol. The van der Waals surface area contributed by atoms with E-state index in [4.69, 9.17) is 15.2 Å². The molecule has 0 aliphatic carbocycles. The van der Waals surface area contributed by atoms with Crippen molar-refractivity contribution >= 4 is 23.3 Å². The summed E-state index contributed by atoms with van der Waals surface area (Å²) in [6, 6.07) is 14.5. The zero-order valence-corrected chi connectivity index (χ0v) is 17.7. The second-order valence-electron chi connectivity index (χ2n) is 6.75. The molecule has 0 saturated heterocycles. The number of nitrogens with one attached hydrogen (secondary N) is 1. The van der Waals surface area contributed by atoms with Crippen molar-refractivity contribution in [1.82, 2.24) is 0 Å². The number of allylic oxidation sites excluding steroid dienone is 1. The van der Waals surface area contributed by atoms with E-state index in [0.29, 0.717) is 11.3 Å². The molecule has 32 heavy (non-hydrogen) atoms. The van der Waals surface area contributed by atoms with Gasteiger partial charge in [-0.2, -0.15) is 5.26 Å². The van der Waals surface area contributed by atoms with Gasteiger partial charge in [-0.25, -0.2) is 14.0 Å². The Morgan fingerprint density at radius 3 is 2.34 bits per heavy atom. The van der Waals surface area contributed by atoms with E-state index in [1.54, 1.807) is 37.4 Å². The Bertz CT molecular complexity index is 1170. The molecule has 3 N–H and O–H groups in total. The molecular formula is C23H21FN4O4. The Kier molecular flexibility index (Phi) is 6.45. The molecule has 0 spiro atoms. The highest BCUT2D eigenvalue weighted by molar-refractivity contribution is 6.07. The molecule has 3 rings (SSSR count). The van der Waals surface area contributed by atoms with Gasteiger partial charge in [-0.3, -0.25) is 4.90 Å². The van der Waals surface area contributed by atoms with E-state index in [2.05, 4.69) is 5.32 Å². The first-order valence-electron chi connectivity index (χ1n) is 9.52. The molecule has 0 bridgehead atoms. The van der Waals surface area contributed by atoms with Crippen LogP contribution in [0.4, 0.5) is 15.8 Å². The Labute approximate surface area is 184 Å². The number of nitriles is 1. The normalized spacial score (nSPS) is 15.8. The summed E-state index contributed by atoms with van der Waals surface area (Å²) in [6.07, 6.45) is 0. The third kappa shape index (κ3) is 3.74. The molecule has 1 atom stereocenters. The summed E-state index contributed by atoms with van der Waals surface area (Å²) in [7, 11) is 3.90. The summed E-state index contributed by atoms with van der Waals surface area (Å²) in [5, 5.41) is 12.9. The smallest absolute Gasteiger partial charge is 0.355 e. The van der Waals surface area contributed by atoms with E-state index >= 15 is 0 Å². The Hall–Kier alpha value is -4.32. The fourth-order valence-corrected chi connectivity index (χ4v) is 3.66. The van der Waals surface area contributed by atoms with Gasteiger partial charge in [0.05, 0.1) is 48.7 Å². The molecule has 1 aliphatic heterocycles. The van der Waals surface area contributed by atoms with Crippen LogP contribution in [0.1, 0.15) is 11.5 Å². The van der Waals surface area contributed by atoms with Crippen LogP contribution < -0.4 is 16.0 Å². The highest BCUT2D eigenvalue weighted by Crippen LogP contribution is 2.44. The molecule has 8 nitrogen and oxygen atoms in total. The van der Waals surface area contributed by atoms with Crippen LogP contribution in [0.2, 0.25) is 0 Å². The number of hydrogen-bond donors (Lipinski definition) is 2. The van der Waals surface area contributed by atoms with Gasteiger partial charge in [0, 0.05) is 13.1 Å². The highest BCUT2D eigenvalue weighted by atomic mass is 19.1. The van der Waals surface area contributed by atoms with Crippen molar-refractivity contribution < 1.29 is 23.5 Å². The van der Waals surface area contributed by atoms with Crippen LogP contribution >= 0.6 is 0 Å². The Morgan fingerprint density at radius 1 is 1.12 bits per heavy atom. The predicted molar refractivity (Wildman–Crippen MR) is 115 cm³/mol. The number of ether oxygens (including phenoxy) is 2. The number of halogens is 1. The lowest BCUT2D eigenvalue weighted by Gasteiger charge is -2.36. The van der Waals surface area contributed by atoms with Crippen LogP contribution in [-0.2, 0) is 19.1 Å². The largest absolute Gasteiger partial charge is 0.466 e. The fraction of sp³-hybridized carbons (Fsp3) is 0.174. The number of methoxy groups -OCH3 is 2. The number of nitrogens with two attached hydrogens (primary N) is 1. The molecule has 164 valence electrons. The van der Waals surface area contributed by atoms with E-state index in [9.17, 15) is 19.2 Å². The molecule has 1 unspecified atom stereocenters. The molecule has 1 heterocycles. The third-order valence-corrected chi connectivity index (χ3v) is 5.08. The number of carbonyl (C=O) groups is 2. The van der Waals surface area contributed by atoms with Gasteiger partial charge in [0.1, 0.15) is 17.3 Å². The molecule has 0 aromatic heterocycles. The Morgan fingerprint density at radius 2 is 1.78 bits per heavy atom. The highest BCUT2D eigenvalue weighted by Gasteiger charge is 2.43. The minimum absolute atomic E-state index is 0.00410.